The van der Waals surface area contributed by atoms with Crippen LogP contribution in [0.3, 0.4) is 0 Å². The second-order valence-corrected chi connectivity index (χ2v) is 9.20. The van der Waals surface area contributed by atoms with Crippen LogP contribution in [-0.2, 0) is 47.6 Å². The Balaban J connectivity index is 0.00000131. The number of carbonyl (C=O) groups excluding carboxylic acids is 5. The first-order valence-electron chi connectivity index (χ1n) is 12.3. The van der Waals surface area contributed by atoms with Gasteiger partial charge in [-0.1, -0.05) is 0 Å². The van der Waals surface area contributed by atoms with Gasteiger partial charge in [0.25, 0.3) is 11.7 Å². The Morgan fingerprint density at radius 1 is 0.900 bits per heavy atom. The molecule has 14 heteroatoms. The van der Waals surface area contributed by atoms with Crippen molar-refractivity contribution in [2.75, 3.05) is 14.2 Å². The van der Waals surface area contributed by atoms with Crippen LogP contribution in [0.25, 0.3) is 0 Å². The van der Waals surface area contributed by atoms with E-state index >= 15 is 0 Å². The molecule has 1 aromatic rings. The van der Waals surface area contributed by atoms with Gasteiger partial charge in [0.2, 0.25) is 12.6 Å². The van der Waals surface area contributed by atoms with Crippen molar-refractivity contribution in [3.8, 4) is 11.5 Å². The molecule has 2 heterocycles. The summed E-state index contributed by atoms with van der Waals surface area (Å²) in [6.07, 6.45) is -3.01. The normalized spacial score (nSPS) is 25.6. The smallest absolute Gasteiger partial charge is 0.335 e. The lowest BCUT2D eigenvalue weighted by molar-refractivity contribution is -0.204. The fourth-order valence-corrected chi connectivity index (χ4v) is 4.28. The molecule has 0 amide bonds. The van der Waals surface area contributed by atoms with Gasteiger partial charge in [0.15, 0.2) is 6.10 Å². The number of esters is 3. The molecule has 2 aliphatic rings. The summed E-state index contributed by atoms with van der Waals surface area (Å²) in [5.41, 5.74) is 0.0348. The quantitative estimate of drug-likeness (QED) is 0.179. The number of methoxy groups -OCH3 is 2. The van der Waals surface area contributed by atoms with Gasteiger partial charge < -0.3 is 37.9 Å². The van der Waals surface area contributed by atoms with E-state index in [0.717, 1.165) is 0 Å². The molecule has 13 nitrogen and oxygen atoms in total. The second-order valence-electron chi connectivity index (χ2n) is 8.86. The van der Waals surface area contributed by atoms with Crippen LogP contribution < -0.4 is 9.47 Å². The zero-order valence-corrected chi connectivity index (χ0v) is 23.5. The third kappa shape index (κ3) is 10.6. The molecule has 0 radical (unpaired) electrons. The van der Waals surface area contributed by atoms with Crippen LogP contribution in [0.1, 0.15) is 56.8 Å². The number of hydrogen-bond acceptors (Lipinski definition) is 13. The summed E-state index contributed by atoms with van der Waals surface area (Å²) in [6.45, 7) is 4.81. The average Bonchev–Trinajstić information content (AvgIpc) is 2.87. The Hall–Kier alpha value is -3.42. The highest BCUT2D eigenvalue weighted by molar-refractivity contribution is 6.68. The minimum absolute atomic E-state index is 0.0324. The molecule has 6 atom stereocenters. The maximum absolute atomic E-state index is 12.1. The Labute approximate surface area is 236 Å². The van der Waals surface area contributed by atoms with Gasteiger partial charge in [-0.05, 0) is 30.7 Å². The summed E-state index contributed by atoms with van der Waals surface area (Å²) >= 11 is 5.74. The number of hydrogen-bond donors (Lipinski definition) is 0. The van der Waals surface area contributed by atoms with E-state index in [2.05, 4.69) is 4.74 Å². The number of rotatable bonds is 9. The highest BCUT2D eigenvalue weighted by Crippen LogP contribution is 2.33. The maximum atomic E-state index is 12.1. The fourth-order valence-electron chi connectivity index (χ4n) is 4.12. The van der Waals surface area contributed by atoms with Crippen molar-refractivity contribution in [3.05, 3.63) is 23.8 Å². The van der Waals surface area contributed by atoms with Crippen LogP contribution in [-0.4, -0.2) is 80.8 Å². The van der Waals surface area contributed by atoms with Crippen molar-refractivity contribution < 1.29 is 61.9 Å². The van der Waals surface area contributed by atoms with E-state index in [-0.39, 0.29) is 36.4 Å². The highest BCUT2D eigenvalue weighted by Gasteiger charge is 2.38. The Bertz CT molecular complexity index is 1050. The van der Waals surface area contributed by atoms with Crippen molar-refractivity contribution in [1.82, 2.24) is 0 Å². The Morgan fingerprint density at radius 3 is 2.00 bits per heavy atom. The summed E-state index contributed by atoms with van der Waals surface area (Å²) in [5, 5.41) is -0.786. The van der Waals surface area contributed by atoms with Crippen LogP contribution in [0.4, 0.5) is 0 Å². The lowest BCUT2D eigenvalue weighted by Crippen LogP contribution is -2.44. The van der Waals surface area contributed by atoms with Crippen molar-refractivity contribution in [2.24, 2.45) is 0 Å². The first kappa shape index (κ1) is 32.8. The summed E-state index contributed by atoms with van der Waals surface area (Å²) in [7, 11) is 2.52. The SMILES string of the molecule is COC(=O)C1CC(OC(C)=O)CC(Oc2cc(OC3CC(OC(C)=O)CC(C)O3)ccc2C(=O)Cl)O1.COC=O. The largest absolute Gasteiger partial charge is 0.471 e. The third-order valence-electron chi connectivity index (χ3n) is 5.60. The van der Waals surface area contributed by atoms with E-state index in [0.29, 0.717) is 25.1 Å². The number of carbonyl (C=O) groups is 5. The third-order valence-corrected chi connectivity index (χ3v) is 5.80. The summed E-state index contributed by atoms with van der Waals surface area (Å²) in [6, 6.07) is 4.37. The molecule has 40 heavy (non-hydrogen) atoms. The summed E-state index contributed by atoms with van der Waals surface area (Å²) in [5.74, 6) is -1.24. The van der Waals surface area contributed by atoms with E-state index < -0.39 is 47.9 Å². The van der Waals surface area contributed by atoms with E-state index in [9.17, 15) is 19.2 Å². The van der Waals surface area contributed by atoms with E-state index in [1.54, 1.807) is 0 Å². The maximum Gasteiger partial charge on any atom is 0.335 e. The molecule has 0 N–H and O–H groups in total. The van der Waals surface area contributed by atoms with Crippen LogP contribution >= 0.6 is 11.6 Å². The lowest BCUT2D eigenvalue weighted by Gasteiger charge is -2.34. The molecule has 6 unspecified atom stereocenters. The van der Waals surface area contributed by atoms with Crippen molar-refractivity contribution in [3.63, 3.8) is 0 Å². The lowest BCUT2D eigenvalue weighted by atomic mass is 10.0. The molecular weight excluding hydrogens is 556 g/mol. The van der Waals surface area contributed by atoms with Gasteiger partial charge in [-0.3, -0.25) is 19.2 Å². The van der Waals surface area contributed by atoms with Crippen LogP contribution in [0, 0.1) is 0 Å². The van der Waals surface area contributed by atoms with Gasteiger partial charge in [-0.2, -0.15) is 0 Å². The van der Waals surface area contributed by atoms with Crippen molar-refractivity contribution in [2.45, 2.75) is 83.5 Å². The van der Waals surface area contributed by atoms with Gasteiger partial charge in [0.1, 0.15) is 23.7 Å². The number of ether oxygens (including phenoxy) is 8. The van der Waals surface area contributed by atoms with Crippen LogP contribution in [0.5, 0.6) is 11.5 Å². The molecule has 2 aliphatic heterocycles. The minimum atomic E-state index is -1.06. The number of halogens is 1. The van der Waals surface area contributed by atoms with Crippen LogP contribution in [0.2, 0.25) is 0 Å². The number of benzene rings is 1. The Morgan fingerprint density at radius 2 is 1.48 bits per heavy atom. The van der Waals surface area contributed by atoms with Gasteiger partial charge >= 0.3 is 17.9 Å². The van der Waals surface area contributed by atoms with E-state index in [1.807, 2.05) is 6.92 Å². The molecular formula is C26H33ClO13. The van der Waals surface area contributed by atoms with Crippen molar-refractivity contribution >= 4 is 41.2 Å². The molecule has 3 rings (SSSR count). The van der Waals surface area contributed by atoms with E-state index in [1.165, 1.54) is 46.3 Å². The standard InChI is InChI=1S/C24H29ClO11.C2H4O2/c1-12-7-16(32-13(2)26)10-21(31-12)34-15-5-6-18(23(25)28)19(8-15)35-22-11-17(33-14(3)27)9-20(36-22)24(29)30-4;1-4-2-3/h5-6,8,12,16-17,20-22H,7,9-11H2,1-4H3;2H,1H3. The summed E-state index contributed by atoms with van der Waals surface area (Å²) in [4.78, 5) is 55.9. The molecule has 0 saturated carbocycles. The zero-order chi connectivity index (χ0) is 29.8. The zero-order valence-electron chi connectivity index (χ0n) is 22.8. The van der Waals surface area contributed by atoms with Crippen LogP contribution in [0.15, 0.2) is 18.2 Å². The molecule has 0 bridgehead atoms. The predicted octanol–water partition coefficient (Wildman–Crippen LogP) is 2.68. The first-order chi connectivity index (χ1) is 18.9. The molecule has 0 aromatic heterocycles. The predicted molar refractivity (Wildman–Crippen MR) is 136 cm³/mol. The average molecular weight is 589 g/mol. The highest BCUT2D eigenvalue weighted by atomic mass is 35.5. The van der Waals surface area contributed by atoms with Gasteiger partial charge in [0, 0.05) is 45.6 Å². The van der Waals surface area contributed by atoms with Gasteiger partial charge in [-0.15, -0.1) is 0 Å². The second kappa shape index (κ2) is 16.0. The van der Waals surface area contributed by atoms with Gasteiger partial charge in [0.05, 0.1) is 25.9 Å². The fraction of sp³-hybridized carbons (Fsp3) is 0.577. The Kier molecular flexibility index (Phi) is 13.1. The molecule has 0 aliphatic carbocycles. The molecule has 222 valence electrons. The topological polar surface area (TPSA) is 159 Å². The molecule has 1 aromatic carbocycles. The molecule has 2 saturated heterocycles. The minimum Gasteiger partial charge on any atom is -0.471 e. The molecule has 0 spiro atoms. The first-order valence-corrected chi connectivity index (χ1v) is 12.7. The molecule has 2 fully saturated rings. The van der Waals surface area contributed by atoms with E-state index in [4.69, 9.17) is 49.6 Å². The van der Waals surface area contributed by atoms with Crippen molar-refractivity contribution in [1.29, 1.82) is 0 Å². The monoisotopic (exact) mass is 588 g/mol. The summed E-state index contributed by atoms with van der Waals surface area (Å²) < 4.78 is 42.5. The van der Waals surface area contributed by atoms with Gasteiger partial charge in [-0.25, -0.2) is 4.79 Å².